The predicted octanol–water partition coefficient (Wildman–Crippen LogP) is 2.86. The number of nitrogens with two attached hydrogens (primary N) is 1. The Kier molecular flexibility index (Phi) is 3.76. The number of carbonyl (C=O) groups is 1. The summed E-state index contributed by atoms with van der Waals surface area (Å²) in [6.45, 7) is 0.614. The molecule has 0 saturated carbocycles. The zero-order valence-corrected chi connectivity index (χ0v) is 11.4. The molecule has 6 heteroatoms. The predicted molar refractivity (Wildman–Crippen MR) is 75.2 cm³/mol. The van der Waals surface area contributed by atoms with Crippen LogP contribution in [0.4, 0.5) is 11.4 Å². The highest BCUT2D eigenvalue weighted by Gasteiger charge is 2.31. The summed E-state index contributed by atoms with van der Waals surface area (Å²) in [4.78, 5) is 13.5. The van der Waals surface area contributed by atoms with Gasteiger partial charge < -0.3 is 10.6 Å². The largest absolute Gasteiger partial charge is 0.396 e. The molecule has 0 spiro atoms. The van der Waals surface area contributed by atoms with Crippen LogP contribution in [0.2, 0.25) is 10.0 Å². The van der Waals surface area contributed by atoms with Gasteiger partial charge in [-0.05, 0) is 23.8 Å². The fourth-order valence-electron chi connectivity index (χ4n) is 1.93. The normalized spacial score (nSPS) is 20.1. The van der Waals surface area contributed by atoms with Gasteiger partial charge in [0.1, 0.15) is 0 Å². The first-order valence-electron chi connectivity index (χ1n) is 5.18. The van der Waals surface area contributed by atoms with Gasteiger partial charge in [-0.25, -0.2) is 0 Å². The molecule has 1 aliphatic heterocycles. The number of benzene rings is 1. The molecule has 17 heavy (non-hydrogen) atoms. The van der Waals surface area contributed by atoms with E-state index >= 15 is 0 Å². The Bertz CT molecular complexity index is 467. The molecule has 1 amide bonds. The smallest absolute Gasteiger partial charge is 0.227 e. The van der Waals surface area contributed by atoms with Crippen molar-refractivity contribution in [3.63, 3.8) is 0 Å². The summed E-state index contributed by atoms with van der Waals surface area (Å²) < 4.78 is 0. The Morgan fingerprint density at radius 2 is 2.18 bits per heavy atom. The Balaban J connectivity index is 2.38. The van der Waals surface area contributed by atoms with Gasteiger partial charge in [0.25, 0.3) is 0 Å². The van der Waals surface area contributed by atoms with Crippen LogP contribution in [0.5, 0.6) is 0 Å². The number of hydrogen-bond acceptors (Lipinski definition) is 3. The van der Waals surface area contributed by atoms with E-state index in [4.69, 9.17) is 28.9 Å². The maximum absolute atomic E-state index is 11.9. The van der Waals surface area contributed by atoms with Gasteiger partial charge in [0.15, 0.2) is 0 Å². The van der Waals surface area contributed by atoms with E-state index in [1.807, 2.05) is 0 Å². The highest BCUT2D eigenvalue weighted by atomic mass is 35.5. The van der Waals surface area contributed by atoms with Crippen LogP contribution in [0.1, 0.15) is 6.42 Å². The van der Waals surface area contributed by atoms with E-state index in [-0.39, 0.29) is 11.8 Å². The van der Waals surface area contributed by atoms with Gasteiger partial charge in [-0.2, -0.15) is 12.6 Å². The van der Waals surface area contributed by atoms with Crippen molar-refractivity contribution in [3.8, 4) is 0 Å². The van der Waals surface area contributed by atoms with E-state index in [1.54, 1.807) is 17.0 Å². The van der Waals surface area contributed by atoms with Gasteiger partial charge in [0.05, 0.1) is 16.4 Å². The topological polar surface area (TPSA) is 46.3 Å². The van der Waals surface area contributed by atoms with Crippen molar-refractivity contribution in [1.82, 2.24) is 0 Å². The Morgan fingerprint density at radius 1 is 1.47 bits per heavy atom. The minimum atomic E-state index is 0.0362. The molecule has 1 aromatic rings. The van der Waals surface area contributed by atoms with Crippen molar-refractivity contribution in [2.24, 2.45) is 5.92 Å². The summed E-state index contributed by atoms with van der Waals surface area (Å²) in [6, 6.07) is 3.24. The Morgan fingerprint density at radius 3 is 2.76 bits per heavy atom. The van der Waals surface area contributed by atoms with Gasteiger partial charge >= 0.3 is 0 Å². The third-order valence-electron chi connectivity index (χ3n) is 2.83. The molecular formula is C11H12Cl2N2OS. The zero-order chi connectivity index (χ0) is 12.6. The molecule has 1 atom stereocenters. The number of rotatable bonds is 2. The lowest BCUT2D eigenvalue weighted by Gasteiger charge is -2.19. The number of nitrogens with zero attached hydrogens (tertiary/aromatic N) is 1. The maximum atomic E-state index is 11.9. The first kappa shape index (κ1) is 12.9. The summed E-state index contributed by atoms with van der Waals surface area (Å²) in [6.07, 6.45) is 0.493. The lowest BCUT2D eigenvalue weighted by molar-refractivity contribution is -0.117. The molecule has 0 aromatic heterocycles. The van der Waals surface area contributed by atoms with Gasteiger partial charge in [0, 0.05) is 18.0 Å². The number of carbonyl (C=O) groups excluding carboxylic acids is 1. The van der Waals surface area contributed by atoms with Crippen LogP contribution in [-0.4, -0.2) is 18.2 Å². The minimum absolute atomic E-state index is 0.0362. The molecule has 1 heterocycles. The summed E-state index contributed by atoms with van der Waals surface area (Å²) in [7, 11) is 0. The Hall–Kier alpha value is -0.580. The van der Waals surface area contributed by atoms with Crippen molar-refractivity contribution in [3.05, 3.63) is 22.2 Å². The fraction of sp³-hybridized carbons (Fsp3) is 0.364. The SMILES string of the molecule is Nc1c(Cl)cc(Cl)cc1N1CC(CS)CC1=O. The van der Waals surface area contributed by atoms with Crippen molar-refractivity contribution in [2.45, 2.75) is 6.42 Å². The Labute approximate surface area is 115 Å². The van der Waals surface area contributed by atoms with Crippen molar-refractivity contribution in [1.29, 1.82) is 0 Å². The molecular weight excluding hydrogens is 279 g/mol. The van der Waals surface area contributed by atoms with Crippen molar-refractivity contribution < 1.29 is 4.79 Å². The molecule has 2 rings (SSSR count). The lowest BCUT2D eigenvalue weighted by atomic mass is 10.1. The third kappa shape index (κ3) is 2.49. The molecule has 1 saturated heterocycles. The van der Waals surface area contributed by atoms with Crippen molar-refractivity contribution in [2.75, 3.05) is 22.9 Å². The molecule has 0 radical (unpaired) electrons. The van der Waals surface area contributed by atoms with Crippen molar-refractivity contribution >= 4 is 53.1 Å². The van der Waals surface area contributed by atoms with Gasteiger partial charge in [-0.15, -0.1) is 0 Å². The van der Waals surface area contributed by atoms with Gasteiger partial charge in [-0.1, -0.05) is 23.2 Å². The first-order valence-corrected chi connectivity index (χ1v) is 6.57. The molecule has 0 aliphatic carbocycles. The molecule has 1 aromatic carbocycles. The van der Waals surface area contributed by atoms with Crippen LogP contribution in [0.25, 0.3) is 0 Å². The second-order valence-corrected chi connectivity index (χ2v) is 5.29. The molecule has 1 unspecified atom stereocenters. The van der Waals surface area contributed by atoms with Gasteiger partial charge in [0.2, 0.25) is 5.91 Å². The number of hydrogen-bond donors (Lipinski definition) is 2. The van der Waals surface area contributed by atoms with E-state index in [0.29, 0.717) is 40.1 Å². The van der Waals surface area contributed by atoms with E-state index in [2.05, 4.69) is 12.6 Å². The maximum Gasteiger partial charge on any atom is 0.227 e. The number of amides is 1. The fourth-order valence-corrected chi connectivity index (χ4v) is 2.66. The summed E-state index contributed by atoms with van der Waals surface area (Å²) in [5, 5.41) is 0.843. The molecule has 1 fully saturated rings. The van der Waals surface area contributed by atoms with Gasteiger partial charge in [-0.3, -0.25) is 4.79 Å². The average Bonchev–Trinajstić information content (AvgIpc) is 2.65. The number of halogens is 2. The monoisotopic (exact) mass is 290 g/mol. The quantitative estimate of drug-likeness (QED) is 0.650. The van der Waals surface area contributed by atoms with E-state index in [9.17, 15) is 4.79 Å². The summed E-state index contributed by atoms with van der Waals surface area (Å²) >= 11 is 16.1. The standard InChI is InChI=1S/C11H12Cl2N2OS/c12-7-2-8(13)11(14)9(3-7)15-4-6(5-17)1-10(15)16/h2-3,6,17H,1,4-5,14H2. The van der Waals surface area contributed by atoms with Crippen LogP contribution >= 0.6 is 35.8 Å². The average molecular weight is 291 g/mol. The molecule has 3 nitrogen and oxygen atoms in total. The molecule has 2 N–H and O–H groups in total. The number of thiol groups is 1. The highest BCUT2D eigenvalue weighted by molar-refractivity contribution is 7.80. The molecule has 0 bridgehead atoms. The molecule has 92 valence electrons. The zero-order valence-electron chi connectivity index (χ0n) is 8.99. The highest BCUT2D eigenvalue weighted by Crippen LogP contribution is 2.37. The number of anilines is 2. The molecule has 1 aliphatic rings. The minimum Gasteiger partial charge on any atom is -0.396 e. The van der Waals surface area contributed by atoms with Crippen LogP contribution in [0.15, 0.2) is 12.1 Å². The van der Waals surface area contributed by atoms with Crippen LogP contribution in [0.3, 0.4) is 0 Å². The number of nitrogen functional groups attached to an aromatic ring is 1. The van der Waals surface area contributed by atoms with E-state index < -0.39 is 0 Å². The van der Waals surface area contributed by atoms with E-state index in [0.717, 1.165) is 0 Å². The summed E-state index contributed by atoms with van der Waals surface area (Å²) in [5.74, 6) is 0.966. The van der Waals surface area contributed by atoms with Crippen LogP contribution in [0, 0.1) is 5.92 Å². The van der Waals surface area contributed by atoms with Crippen LogP contribution in [-0.2, 0) is 4.79 Å². The lowest BCUT2D eigenvalue weighted by Crippen LogP contribution is -2.25. The first-order chi connectivity index (χ1) is 8.02. The summed E-state index contributed by atoms with van der Waals surface area (Å²) in [5.41, 5.74) is 6.86. The third-order valence-corrected chi connectivity index (χ3v) is 3.87. The van der Waals surface area contributed by atoms with E-state index in [1.165, 1.54) is 0 Å². The van der Waals surface area contributed by atoms with Crippen LogP contribution < -0.4 is 10.6 Å². The second kappa shape index (κ2) is 4.96. The second-order valence-electron chi connectivity index (χ2n) is 4.08.